The van der Waals surface area contributed by atoms with Crippen molar-refractivity contribution in [3.63, 3.8) is 0 Å². The predicted molar refractivity (Wildman–Crippen MR) is 249 cm³/mol. The van der Waals surface area contributed by atoms with Crippen LogP contribution in [0, 0.1) is 0 Å². The molecule has 2 heterocycles. The largest absolute Gasteiger partial charge is 0.309 e. The van der Waals surface area contributed by atoms with Crippen molar-refractivity contribution in [3.8, 4) is 16.8 Å². The zero-order chi connectivity index (χ0) is 38.9. The van der Waals surface area contributed by atoms with Crippen molar-refractivity contribution in [3.05, 3.63) is 241 Å². The van der Waals surface area contributed by atoms with E-state index in [0.29, 0.717) is 0 Å². The van der Waals surface area contributed by atoms with Gasteiger partial charge in [0.1, 0.15) is 0 Å². The zero-order valence-corrected chi connectivity index (χ0v) is 32.6. The molecule has 1 atom stereocenters. The molecule has 0 N–H and O–H groups in total. The second kappa shape index (κ2) is 13.3. The molecule has 1 aromatic heterocycles. The van der Waals surface area contributed by atoms with E-state index in [1.54, 1.807) is 0 Å². The van der Waals surface area contributed by atoms with E-state index in [1.165, 1.54) is 82.4 Å². The van der Waals surface area contributed by atoms with Crippen molar-refractivity contribution >= 4 is 60.4 Å². The Morgan fingerprint density at radius 2 is 1.08 bits per heavy atom. The van der Waals surface area contributed by atoms with Crippen LogP contribution in [0.1, 0.15) is 29.5 Å². The summed E-state index contributed by atoms with van der Waals surface area (Å²) in [7, 11) is 0. The number of hydrogen-bond donors (Lipinski definition) is 0. The van der Waals surface area contributed by atoms with E-state index in [4.69, 9.17) is 0 Å². The first-order valence-corrected chi connectivity index (χ1v) is 20.7. The van der Waals surface area contributed by atoms with E-state index in [2.05, 4.69) is 228 Å². The molecule has 12 rings (SSSR count). The van der Waals surface area contributed by atoms with Crippen LogP contribution in [-0.2, 0) is 5.41 Å². The first kappa shape index (κ1) is 33.7. The Balaban J connectivity index is 1.04. The number of rotatable bonds is 6. The van der Waals surface area contributed by atoms with Crippen LogP contribution < -0.4 is 4.90 Å². The van der Waals surface area contributed by atoms with Gasteiger partial charge in [-0.15, -0.1) is 0 Å². The molecule has 1 aliphatic carbocycles. The second-order valence-corrected chi connectivity index (χ2v) is 15.9. The first-order valence-electron chi connectivity index (χ1n) is 20.7. The SMILES string of the molecule is C1=CCCC(C2(c3ccccc3)c3ccccc3-n3c4ccc(-c5ccc(N(c6cccc7ccccc67)c6cccc7ccccc67)cc5)cc4c4cccc2c43)=C1. The monoisotopic (exact) mass is 752 g/mol. The van der Waals surface area contributed by atoms with Crippen molar-refractivity contribution < 1.29 is 0 Å². The molecule has 0 saturated heterocycles. The topological polar surface area (TPSA) is 8.17 Å². The molecule has 2 heteroatoms. The van der Waals surface area contributed by atoms with Crippen LogP contribution in [0.15, 0.2) is 224 Å². The van der Waals surface area contributed by atoms with Crippen LogP contribution in [0.25, 0.3) is 60.2 Å². The summed E-state index contributed by atoms with van der Waals surface area (Å²) in [6, 6.07) is 74.1. The van der Waals surface area contributed by atoms with Crippen molar-refractivity contribution in [1.29, 1.82) is 0 Å². The van der Waals surface area contributed by atoms with Crippen LogP contribution in [0.2, 0.25) is 0 Å². The number of hydrogen-bond acceptors (Lipinski definition) is 1. The lowest BCUT2D eigenvalue weighted by molar-refractivity contribution is 0.666. The lowest BCUT2D eigenvalue weighted by Crippen LogP contribution is -2.36. The lowest BCUT2D eigenvalue weighted by Gasteiger charge is -2.43. The van der Waals surface area contributed by atoms with Gasteiger partial charge in [-0.1, -0.05) is 182 Å². The summed E-state index contributed by atoms with van der Waals surface area (Å²) in [5.74, 6) is 0. The molecule has 2 aliphatic rings. The van der Waals surface area contributed by atoms with Crippen molar-refractivity contribution in [1.82, 2.24) is 4.57 Å². The molecule has 0 radical (unpaired) electrons. The number of aromatic nitrogens is 1. The molecule has 278 valence electrons. The maximum Gasteiger partial charge on any atom is 0.0705 e. The Kier molecular flexibility index (Phi) is 7.61. The van der Waals surface area contributed by atoms with Gasteiger partial charge in [0.15, 0.2) is 0 Å². The Hall–Kier alpha value is -7.42. The molecule has 2 nitrogen and oxygen atoms in total. The van der Waals surface area contributed by atoms with Gasteiger partial charge in [-0.2, -0.15) is 0 Å². The minimum absolute atomic E-state index is 0.398. The Labute approximate surface area is 344 Å². The van der Waals surface area contributed by atoms with Gasteiger partial charge in [0.25, 0.3) is 0 Å². The van der Waals surface area contributed by atoms with Crippen LogP contribution in [-0.4, -0.2) is 4.57 Å². The van der Waals surface area contributed by atoms with E-state index in [-0.39, 0.29) is 0 Å². The third-order valence-electron chi connectivity index (χ3n) is 12.9. The maximum atomic E-state index is 2.54. The molecule has 0 bridgehead atoms. The van der Waals surface area contributed by atoms with Gasteiger partial charge >= 0.3 is 0 Å². The van der Waals surface area contributed by atoms with Crippen LogP contribution >= 0.6 is 0 Å². The van der Waals surface area contributed by atoms with Crippen LogP contribution in [0.4, 0.5) is 17.1 Å². The summed E-state index contributed by atoms with van der Waals surface area (Å²) in [6.07, 6.45) is 9.01. The molecule has 0 amide bonds. The number of benzene rings is 9. The van der Waals surface area contributed by atoms with Gasteiger partial charge in [-0.25, -0.2) is 0 Å². The summed E-state index contributed by atoms with van der Waals surface area (Å²) < 4.78 is 2.54. The van der Waals surface area contributed by atoms with Gasteiger partial charge in [-0.3, -0.25) is 0 Å². The molecule has 0 spiro atoms. The Morgan fingerprint density at radius 1 is 0.475 bits per heavy atom. The number of para-hydroxylation sites is 2. The molecule has 59 heavy (non-hydrogen) atoms. The molecule has 10 aromatic rings. The summed E-state index contributed by atoms with van der Waals surface area (Å²) in [5, 5.41) is 7.45. The van der Waals surface area contributed by atoms with Gasteiger partial charge in [0, 0.05) is 27.2 Å². The molecule has 0 fully saturated rings. The van der Waals surface area contributed by atoms with Gasteiger partial charge in [-0.05, 0) is 93.9 Å². The normalized spacial score (nSPS) is 15.8. The standard InChI is InChI=1S/C57H40N2/c1-3-20-43(21-4-1)57(44-22-5-2-6-23-44)50-27-11-12-29-55(50)59-54-37-34-42(38-49(54)48-26-15-28-51(57)56(48)59)39-32-35-45(36-33-39)58(52-30-13-18-40-16-7-9-24-46(40)52)53-31-14-19-41-17-8-10-25-47(41)53/h1-5,7-22,24-38H,6,23H2. The van der Waals surface area contributed by atoms with Crippen LogP contribution in [0.3, 0.4) is 0 Å². The van der Waals surface area contributed by atoms with E-state index >= 15 is 0 Å². The highest BCUT2D eigenvalue weighted by atomic mass is 15.1. The van der Waals surface area contributed by atoms with E-state index in [0.717, 1.165) is 29.9 Å². The molecule has 1 unspecified atom stereocenters. The van der Waals surface area contributed by atoms with E-state index in [1.807, 2.05) is 0 Å². The van der Waals surface area contributed by atoms with E-state index < -0.39 is 5.41 Å². The van der Waals surface area contributed by atoms with Crippen LogP contribution in [0.5, 0.6) is 0 Å². The first-order chi connectivity index (χ1) is 29.3. The molecular formula is C57H40N2. The number of nitrogens with zero attached hydrogens (tertiary/aromatic N) is 2. The highest BCUT2D eigenvalue weighted by molar-refractivity contribution is 6.13. The maximum absolute atomic E-state index is 2.54. The smallest absolute Gasteiger partial charge is 0.0705 e. The van der Waals surface area contributed by atoms with Crippen molar-refractivity contribution in [2.45, 2.75) is 18.3 Å². The quantitative estimate of drug-likeness (QED) is 0.164. The van der Waals surface area contributed by atoms with E-state index in [9.17, 15) is 0 Å². The molecule has 1 aliphatic heterocycles. The minimum atomic E-state index is -0.398. The fourth-order valence-corrected chi connectivity index (χ4v) is 10.4. The predicted octanol–water partition coefficient (Wildman–Crippen LogP) is 15.2. The summed E-state index contributed by atoms with van der Waals surface area (Å²) in [6.45, 7) is 0. The third-order valence-corrected chi connectivity index (χ3v) is 12.9. The minimum Gasteiger partial charge on any atom is -0.309 e. The fraction of sp³-hybridized carbons (Fsp3) is 0.0526. The molecule has 0 saturated carbocycles. The second-order valence-electron chi connectivity index (χ2n) is 15.9. The lowest BCUT2D eigenvalue weighted by atomic mass is 9.61. The fourth-order valence-electron chi connectivity index (χ4n) is 10.4. The average molecular weight is 753 g/mol. The third kappa shape index (κ3) is 5.00. The Bertz CT molecular complexity index is 3240. The van der Waals surface area contributed by atoms with Crippen molar-refractivity contribution in [2.24, 2.45) is 0 Å². The number of anilines is 3. The molecule has 9 aromatic carbocycles. The van der Waals surface area contributed by atoms with Gasteiger partial charge in [0.05, 0.1) is 33.5 Å². The summed E-state index contributed by atoms with van der Waals surface area (Å²) in [5.41, 5.74) is 14.7. The van der Waals surface area contributed by atoms with Crippen molar-refractivity contribution in [2.75, 3.05) is 4.90 Å². The van der Waals surface area contributed by atoms with Gasteiger partial charge < -0.3 is 9.47 Å². The highest BCUT2D eigenvalue weighted by Gasteiger charge is 2.46. The Morgan fingerprint density at radius 3 is 1.81 bits per heavy atom. The highest BCUT2D eigenvalue weighted by Crippen LogP contribution is 2.56. The molecular weight excluding hydrogens is 713 g/mol. The number of allylic oxidation sites excluding steroid dienone is 4. The van der Waals surface area contributed by atoms with Gasteiger partial charge in [0.2, 0.25) is 0 Å². The number of fused-ring (bicyclic) bond motifs is 7. The summed E-state index contributed by atoms with van der Waals surface area (Å²) in [4.78, 5) is 2.43. The average Bonchev–Trinajstić information content (AvgIpc) is 3.65. The summed E-state index contributed by atoms with van der Waals surface area (Å²) >= 11 is 0. The zero-order valence-electron chi connectivity index (χ0n) is 32.6.